The SMILES string of the molecule is C=C1NC2=C(C(=O)CC(c3ccccc3OC)C2)C(c2cccc([N+](=O)[O-])c2)C1C(=O)OC(C)C. The number of esters is 1. The zero-order chi connectivity index (χ0) is 25.3. The first kappa shape index (κ1) is 24.2. The van der Waals surface area contributed by atoms with Crippen molar-refractivity contribution in [2.24, 2.45) is 5.92 Å². The lowest BCUT2D eigenvalue weighted by atomic mass is 9.69. The van der Waals surface area contributed by atoms with Crippen molar-refractivity contribution in [1.29, 1.82) is 0 Å². The molecule has 0 bridgehead atoms. The van der Waals surface area contributed by atoms with Crippen LogP contribution in [0.15, 0.2) is 72.1 Å². The molecule has 3 unspecified atom stereocenters. The van der Waals surface area contributed by atoms with Crippen LogP contribution in [0, 0.1) is 16.0 Å². The molecular formula is C27H28N2O6. The van der Waals surface area contributed by atoms with Crippen LogP contribution in [0.4, 0.5) is 5.69 Å². The van der Waals surface area contributed by atoms with Crippen molar-refractivity contribution in [3.8, 4) is 5.75 Å². The highest BCUT2D eigenvalue weighted by atomic mass is 16.6. The summed E-state index contributed by atoms with van der Waals surface area (Å²) in [5.74, 6) is -1.71. The molecular weight excluding hydrogens is 448 g/mol. The predicted octanol–water partition coefficient (Wildman–Crippen LogP) is 4.77. The van der Waals surface area contributed by atoms with Gasteiger partial charge in [0.15, 0.2) is 5.78 Å². The van der Waals surface area contributed by atoms with Gasteiger partial charge in [0, 0.05) is 47.4 Å². The van der Waals surface area contributed by atoms with E-state index in [1.54, 1.807) is 33.1 Å². The average molecular weight is 477 g/mol. The fraction of sp³-hybridized carbons (Fsp3) is 0.333. The van der Waals surface area contributed by atoms with Crippen LogP contribution in [-0.2, 0) is 14.3 Å². The lowest BCUT2D eigenvalue weighted by Gasteiger charge is -2.40. The maximum Gasteiger partial charge on any atom is 0.316 e. The number of allylic oxidation sites excluding steroid dienone is 2. The van der Waals surface area contributed by atoms with E-state index in [1.807, 2.05) is 24.3 Å². The van der Waals surface area contributed by atoms with E-state index in [2.05, 4.69) is 11.9 Å². The van der Waals surface area contributed by atoms with Gasteiger partial charge < -0.3 is 14.8 Å². The number of rotatable bonds is 6. The molecule has 1 aliphatic heterocycles. The van der Waals surface area contributed by atoms with Crippen LogP contribution < -0.4 is 10.1 Å². The molecule has 0 spiro atoms. The third-order valence-corrected chi connectivity index (χ3v) is 6.46. The molecule has 0 radical (unpaired) electrons. The summed E-state index contributed by atoms with van der Waals surface area (Å²) >= 11 is 0. The van der Waals surface area contributed by atoms with Crippen LogP contribution in [0.3, 0.4) is 0 Å². The molecule has 2 aliphatic rings. The number of hydrogen-bond acceptors (Lipinski definition) is 7. The molecule has 0 saturated carbocycles. The van der Waals surface area contributed by atoms with Gasteiger partial charge in [-0.25, -0.2) is 0 Å². The number of methoxy groups -OCH3 is 1. The molecule has 0 saturated heterocycles. The summed E-state index contributed by atoms with van der Waals surface area (Å²) in [6.07, 6.45) is 0.371. The largest absolute Gasteiger partial charge is 0.496 e. The third kappa shape index (κ3) is 4.69. The van der Waals surface area contributed by atoms with Crippen molar-refractivity contribution in [1.82, 2.24) is 5.32 Å². The van der Waals surface area contributed by atoms with Gasteiger partial charge in [0.25, 0.3) is 5.69 Å². The number of para-hydroxylation sites is 1. The summed E-state index contributed by atoms with van der Waals surface area (Å²) < 4.78 is 11.0. The quantitative estimate of drug-likeness (QED) is 0.363. The molecule has 2 aromatic carbocycles. The maximum absolute atomic E-state index is 13.7. The Morgan fingerprint density at radius 2 is 1.91 bits per heavy atom. The summed E-state index contributed by atoms with van der Waals surface area (Å²) in [6, 6.07) is 13.7. The number of ketones is 1. The Morgan fingerprint density at radius 3 is 2.60 bits per heavy atom. The van der Waals surface area contributed by atoms with E-state index in [0.29, 0.717) is 34.7 Å². The van der Waals surface area contributed by atoms with Crippen molar-refractivity contribution >= 4 is 17.4 Å². The second-order valence-electron chi connectivity index (χ2n) is 9.11. The number of nitrogens with zero attached hydrogens (tertiary/aromatic N) is 1. The molecule has 2 aromatic rings. The Hall–Kier alpha value is -3.94. The fourth-order valence-corrected chi connectivity index (χ4v) is 5.05. The lowest BCUT2D eigenvalue weighted by Crippen LogP contribution is -2.42. The van der Waals surface area contributed by atoms with Gasteiger partial charge in [0.1, 0.15) is 11.7 Å². The van der Waals surface area contributed by atoms with Crippen molar-refractivity contribution < 1.29 is 24.0 Å². The van der Waals surface area contributed by atoms with Crippen molar-refractivity contribution in [2.75, 3.05) is 7.11 Å². The molecule has 3 atom stereocenters. The van der Waals surface area contributed by atoms with Gasteiger partial charge in [-0.1, -0.05) is 36.9 Å². The maximum atomic E-state index is 13.7. The highest BCUT2D eigenvalue weighted by Crippen LogP contribution is 2.48. The van der Waals surface area contributed by atoms with Gasteiger partial charge >= 0.3 is 5.97 Å². The first-order valence-electron chi connectivity index (χ1n) is 11.5. The monoisotopic (exact) mass is 476 g/mol. The number of non-ortho nitro benzene ring substituents is 1. The molecule has 1 heterocycles. The predicted molar refractivity (Wildman–Crippen MR) is 130 cm³/mol. The number of carbonyl (C=O) groups is 2. The van der Waals surface area contributed by atoms with Gasteiger partial charge in [-0.05, 0) is 37.5 Å². The fourth-order valence-electron chi connectivity index (χ4n) is 5.05. The van der Waals surface area contributed by atoms with E-state index in [0.717, 1.165) is 5.56 Å². The first-order valence-corrected chi connectivity index (χ1v) is 11.5. The zero-order valence-corrected chi connectivity index (χ0v) is 19.9. The molecule has 1 aliphatic carbocycles. The molecule has 35 heavy (non-hydrogen) atoms. The second-order valence-corrected chi connectivity index (χ2v) is 9.11. The standard InChI is InChI=1S/C27H28N2O6/c1-15(2)35-27(31)24-16(3)28-21-13-18(20-10-5-6-11-23(20)34-4)14-22(30)26(21)25(24)17-8-7-9-19(12-17)29(32)33/h5-12,15,18,24-25,28H,3,13-14H2,1-2,4H3. The Bertz CT molecular complexity index is 1230. The van der Waals surface area contributed by atoms with Gasteiger partial charge in [-0.3, -0.25) is 19.7 Å². The number of benzene rings is 2. The minimum Gasteiger partial charge on any atom is -0.496 e. The van der Waals surface area contributed by atoms with Crippen molar-refractivity contribution in [3.63, 3.8) is 0 Å². The number of carbonyl (C=O) groups excluding carboxylic acids is 2. The molecule has 0 fully saturated rings. The number of nitrogens with one attached hydrogen (secondary N) is 1. The topological polar surface area (TPSA) is 108 Å². The summed E-state index contributed by atoms with van der Waals surface area (Å²) in [6.45, 7) is 7.58. The number of nitro benzene ring substituents is 1. The van der Waals surface area contributed by atoms with Gasteiger partial charge in [0.2, 0.25) is 0 Å². The van der Waals surface area contributed by atoms with Crippen molar-refractivity contribution in [2.45, 2.75) is 44.6 Å². The van der Waals surface area contributed by atoms with E-state index >= 15 is 0 Å². The minimum absolute atomic E-state index is 0.111. The van der Waals surface area contributed by atoms with Crippen LogP contribution in [0.25, 0.3) is 0 Å². The molecule has 0 aromatic heterocycles. The van der Waals surface area contributed by atoms with Gasteiger partial charge in [-0.15, -0.1) is 0 Å². The van der Waals surface area contributed by atoms with Crippen LogP contribution in [0.5, 0.6) is 5.75 Å². The zero-order valence-electron chi connectivity index (χ0n) is 19.9. The lowest BCUT2D eigenvalue weighted by molar-refractivity contribution is -0.384. The van der Waals surface area contributed by atoms with Crippen LogP contribution in [0.1, 0.15) is 49.7 Å². The van der Waals surface area contributed by atoms with E-state index in [4.69, 9.17) is 9.47 Å². The summed E-state index contributed by atoms with van der Waals surface area (Å²) in [5.41, 5.74) is 2.85. The normalized spacial score (nSPS) is 21.9. The average Bonchev–Trinajstić information content (AvgIpc) is 2.82. The van der Waals surface area contributed by atoms with Gasteiger partial charge in [0.05, 0.1) is 18.1 Å². The van der Waals surface area contributed by atoms with E-state index in [1.165, 1.54) is 12.1 Å². The minimum atomic E-state index is -0.898. The number of hydrogen-bond donors (Lipinski definition) is 1. The highest BCUT2D eigenvalue weighted by molar-refractivity contribution is 6.01. The van der Waals surface area contributed by atoms with Crippen LogP contribution in [0.2, 0.25) is 0 Å². The van der Waals surface area contributed by atoms with Crippen LogP contribution in [-0.4, -0.2) is 29.9 Å². The Labute approximate surface area is 203 Å². The molecule has 1 N–H and O–H groups in total. The van der Waals surface area contributed by atoms with E-state index in [9.17, 15) is 19.7 Å². The number of ether oxygens (including phenoxy) is 2. The molecule has 182 valence electrons. The molecule has 8 nitrogen and oxygen atoms in total. The first-order chi connectivity index (χ1) is 16.7. The summed E-state index contributed by atoms with van der Waals surface area (Å²) in [4.78, 5) is 37.8. The smallest absolute Gasteiger partial charge is 0.316 e. The second kappa shape index (κ2) is 9.74. The Kier molecular flexibility index (Phi) is 6.73. The molecule has 0 amide bonds. The highest BCUT2D eigenvalue weighted by Gasteiger charge is 2.46. The third-order valence-electron chi connectivity index (χ3n) is 6.46. The Morgan fingerprint density at radius 1 is 1.17 bits per heavy atom. The molecule has 8 heteroatoms. The van der Waals surface area contributed by atoms with Crippen molar-refractivity contribution in [3.05, 3.63) is 93.3 Å². The number of Topliss-reactive ketones (excluding diaryl/α,β-unsaturated/α-hetero) is 1. The van der Waals surface area contributed by atoms with E-state index < -0.39 is 22.7 Å². The van der Waals surface area contributed by atoms with Gasteiger partial charge in [-0.2, -0.15) is 0 Å². The summed E-state index contributed by atoms with van der Waals surface area (Å²) in [7, 11) is 1.60. The Balaban J connectivity index is 1.83. The molecule has 4 rings (SSSR count). The van der Waals surface area contributed by atoms with E-state index in [-0.39, 0.29) is 29.9 Å². The van der Waals surface area contributed by atoms with Crippen LogP contribution >= 0.6 is 0 Å². The number of nitro groups is 1. The summed E-state index contributed by atoms with van der Waals surface area (Å²) in [5, 5.41) is 14.7.